The first kappa shape index (κ1) is 13.7. The van der Waals surface area contributed by atoms with Crippen LogP contribution in [0.1, 0.15) is 37.1 Å². The molecule has 1 amide bonds. The normalized spacial score (nSPS) is 13.8. The van der Waals surface area contributed by atoms with Crippen molar-refractivity contribution in [2.75, 3.05) is 0 Å². The minimum atomic E-state index is -0.940. The van der Waals surface area contributed by atoms with E-state index in [9.17, 15) is 4.79 Å². The summed E-state index contributed by atoms with van der Waals surface area (Å²) in [5.74, 6) is -0.226. The number of carbonyl (C=O) groups is 1. The van der Waals surface area contributed by atoms with Gasteiger partial charge in [0, 0.05) is 11.1 Å². The number of nitriles is 1. The number of aryl methyl sites for hydroxylation is 1. The molecule has 5 heteroatoms. The molecule has 1 heterocycles. The topological polar surface area (TPSA) is 65.8 Å². The van der Waals surface area contributed by atoms with Crippen molar-refractivity contribution < 1.29 is 4.79 Å². The van der Waals surface area contributed by atoms with Crippen LogP contribution in [-0.2, 0) is 17.8 Å². The van der Waals surface area contributed by atoms with Crippen LogP contribution < -0.4 is 5.32 Å². The maximum atomic E-state index is 11.8. The first-order chi connectivity index (χ1) is 8.05. The molecule has 0 aliphatic heterocycles. The molecule has 0 aromatic carbocycles. The average molecular weight is 251 g/mol. The van der Waals surface area contributed by atoms with E-state index in [2.05, 4.69) is 23.3 Å². The van der Waals surface area contributed by atoms with Gasteiger partial charge in [-0.05, 0) is 19.8 Å². The Kier molecular flexibility index (Phi) is 4.64. The summed E-state index contributed by atoms with van der Waals surface area (Å²) in [4.78, 5) is 17.2. The van der Waals surface area contributed by atoms with Crippen molar-refractivity contribution in [3.8, 4) is 6.07 Å². The van der Waals surface area contributed by atoms with E-state index in [1.165, 1.54) is 4.88 Å². The molecule has 0 fully saturated rings. The number of rotatable bonds is 5. The van der Waals surface area contributed by atoms with E-state index >= 15 is 0 Å². The Hall–Kier alpha value is -1.41. The lowest BCUT2D eigenvalue weighted by Crippen LogP contribution is -2.37. The van der Waals surface area contributed by atoms with Crippen LogP contribution in [0.4, 0.5) is 0 Å². The molecule has 0 saturated heterocycles. The van der Waals surface area contributed by atoms with E-state index in [4.69, 9.17) is 5.26 Å². The van der Waals surface area contributed by atoms with Crippen LogP contribution in [0, 0.1) is 16.7 Å². The molecule has 17 heavy (non-hydrogen) atoms. The molecule has 0 saturated carbocycles. The summed E-state index contributed by atoms with van der Waals surface area (Å²) >= 11 is 1.59. The van der Waals surface area contributed by atoms with Crippen molar-refractivity contribution in [2.24, 2.45) is 5.41 Å². The lowest BCUT2D eigenvalue weighted by Gasteiger charge is -2.17. The van der Waals surface area contributed by atoms with E-state index in [1.807, 2.05) is 13.1 Å². The van der Waals surface area contributed by atoms with E-state index < -0.39 is 5.41 Å². The van der Waals surface area contributed by atoms with Gasteiger partial charge in [-0.2, -0.15) is 5.26 Å². The Morgan fingerprint density at radius 1 is 1.65 bits per heavy atom. The first-order valence-corrected chi connectivity index (χ1v) is 6.50. The molecule has 0 aliphatic carbocycles. The highest BCUT2D eigenvalue weighted by atomic mass is 32.1. The second kappa shape index (κ2) is 5.78. The molecular formula is C12H17N3OS. The fourth-order valence-corrected chi connectivity index (χ4v) is 2.04. The highest BCUT2D eigenvalue weighted by molar-refractivity contribution is 7.11. The van der Waals surface area contributed by atoms with Gasteiger partial charge in [0.2, 0.25) is 5.91 Å². The summed E-state index contributed by atoms with van der Waals surface area (Å²) in [5.41, 5.74) is -0.940. The highest BCUT2D eigenvalue weighted by Crippen LogP contribution is 2.20. The molecule has 0 bridgehead atoms. The van der Waals surface area contributed by atoms with Gasteiger partial charge in [0.15, 0.2) is 0 Å². The Balaban J connectivity index is 2.57. The quantitative estimate of drug-likeness (QED) is 0.873. The number of hydrogen-bond acceptors (Lipinski definition) is 4. The van der Waals surface area contributed by atoms with Gasteiger partial charge in [0.25, 0.3) is 0 Å². The second-order valence-electron chi connectivity index (χ2n) is 4.05. The van der Waals surface area contributed by atoms with E-state index in [0.717, 1.165) is 11.4 Å². The maximum absolute atomic E-state index is 11.8. The molecule has 1 aromatic rings. The van der Waals surface area contributed by atoms with E-state index in [-0.39, 0.29) is 5.91 Å². The predicted octanol–water partition coefficient (Wildman–Crippen LogP) is 2.26. The van der Waals surface area contributed by atoms with Crippen molar-refractivity contribution in [3.63, 3.8) is 0 Å². The summed E-state index contributed by atoms with van der Waals surface area (Å²) < 4.78 is 0. The Bertz CT molecular complexity index is 435. The van der Waals surface area contributed by atoms with Crippen LogP contribution in [0.5, 0.6) is 0 Å². The summed E-state index contributed by atoms with van der Waals surface area (Å²) in [6.45, 7) is 5.96. The first-order valence-electron chi connectivity index (χ1n) is 5.68. The van der Waals surface area contributed by atoms with E-state index in [0.29, 0.717) is 13.0 Å². The molecule has 1 atom stereocenters. The minimum Gasteiger partial charge on any atom is -0.348 e. The number of nitrogens with zero attached hydrogens (tertiary/aromatic N) is 2. The third kappa shape index (κ3) is 3.27. The van der Waals surface area contributed by atoms with Crippen LogP contribution in [-0.4, -0.2) is 10.9 Å². The Labute approximate surface area is 106 Å². The maximum Gasteiger partial charge on any atom is 0.240 e. The standard InChI is InChI=1S/C12H17N3OS/c1-4-9-6-14-10(17-9)7-15-11(16)12(3,5-2)8-13/h6H,4-5,7H2,1-3H3,(H,15,16). The number of thiazole rings is 1. The van der Waals surface area contributed by atoms with Gasteiger partial charge in [-0.15, -0.1) is 11.3 Å². The van der Waals surface area contributed by atoms with Crippen molar-refractivity contribution in [1.29, 1.82) is 5.26 Å². The van der Waals surface area contributed by atoms with E-state index in [1.54, 1.807) is 18.3 Å². The van der Waals surface area contributed by atoms with Gasteiger partial charge >= 0.3 is 0 Å². The van der Waals surface area contributed by atoms with Crippen LogP contribution in [0.25, 0.3) is 0 Å². The third-order valence-electron chi connectivity index (χ3n) is 2.81. The van der Waals surface area contributed by atoms with Crippen molar-refractivity contribution in [3.05, 3.63) is 16.1 Å². The minimum absolute atomic E-state index is 0.226. The second-order valence-corrected chi connectivity index (χ2v) is 5.25. The van der Waals surface area contributed by atoms with Crippen molar-refractivity contribution in [2.45, 2.75) is 40.2 Å². The zero-order chi connectivity index (χ0) is 12.9. The number of aromatic nitrogens is 1. The number of nitrogens with one attached hydrogen (secondary N) is 1. The molecule has 1 N–H and O–H groups in total. The molecule has 92 valence electrons. The fraction of sp³-hybridized carbons (Fsp3) is 0.583. The van der Waals surface area contributed by atoms with Crippen molar-refractivity contribution in [1.82, 2.24) is 10.3 Å². The summed E-state index contributed by atoms with van der Waals surface area (Å²) in [6, 6.07) is 2.05. The number of carbonyl (C=O) groups excluding carboxylic acids is 1. The molecule has 1 rings (SSSR count). The number of amides is 1. The average Bonchev–Trinajstić information content (AvgIpc) is 2.82. The smallest absolute Gasteiger partial charge is 0.240 e. The van der Waals surface area contributed by atoms with Gasteiger partial charge in [-0.3, -0.25) is 4.79 Å². The summed E-state index contributed by atoms with van der Waals surface area (Å²) in [6.07, 6.45) is 3.29. The largest absolute Gasteiger partial charge is 0.348 e. The Morgan fingerprint density at radius 3 is 2.82 bits per heavy atom. The molecule has 1 aromatic heterocycles. The molecule has 0 radical (unpaired) electrons. The highest BCUT2D eigenvalue weighted by Gasteiger charge is 2.30. The van der Waals surface area contributed by atoms with Gasteiger partial charge < -0.3 is 5.32 Å². The fourth-order valence-electron chi connectivity index (χ4n) is 1.23. The predicted molar refractivity (Wildman–Crippen MR) is 67.3 cm³/mol. The summed E-state index contributed by atoms with van der Waals surface area (Å²) in [5, 5.41) is 12.6. The molecular weight excluding hydrogens is 234 g/mol. The van der Waals surface area contributed by atoms with Crippen LogP contribution in [0.2, 0.25) is 0 Å². The summed E-state index contributed by atoms with van der Waals surface area (Å²) in [7, 11) is 0. The lowest BCUT2D eigenvalue weighted by atomic mass is 9.88. The van der Waals surface area contributed by atoms with Crippen molar-refractivity contribution >= 4 is 17.2 Å². The Morgan fingerprint density at radius 2 is 2.35 bits per heavy atom. The zero-order valence-corrected chi connectivity index (χ0v) is 11.2. The van der Waals surface area contributed by atoms with Gasteiger partial charge in [0.05, 0.1) is 12.6 Å². The van der Waals surface area contributed by atoms with Crippen LogP contribution in [0.15, 0.2) is 6.20 Å². The molecule has 0 aliphatic rings. The van der Waals surface area contributed by atoms with Gasteiger partial charge in [-0.1, -0.05) is 13.8 Å². The number of hydrogen-bond donors (Lipinski definition) is 1. The molecule has 4 nitrogen and oxygen atoms in total. The zero-order valence-electron chi connectivity index (χ0n) is 10.4. The molecule has 1 unspecified atom stereocenters. The third-order valence-corrected chi connectivity index (χ3v) is 3.95. The van der Waals surface area contributed by atoms with Gasteiger partial charge in [0.1, 0.15) is 10.4 Å². The van der Waals surface area contributed by atoms with Crippen LogP contribution in [0.3, 0.4) is 0 Å². The van der Waals surface area contributed by atoms with Gasteiger partial charge in [-0.25, -0.2) is 4.98 Å². The lowest BCUT2D eigenvalue weighted by molar-refractivity contribution is -0.127. The monoisotopic (exact) mass is 251 g/mol. The van der Waals surface area contributed by atoms with Crippen LogP contribution >= 0.6 is 11.3 Å². The SMILES string of the molecule is CCc1cnc(CNC(=O)C(C)(C#N)CC)s1. The molecule has 0 spiro atoms.